The van der Waals surface area contributed by atoms with Crippen LogP contribution in [0.1, 0.15) is 11.1 Å². The molecule has 2 aromatic carbocycles. The molecule has 0 saturated carbocycles. The zero-order valence-corrected chi connectivity index (χ0v) is 16.6. The summed E-state index contributed by atoms with van der Waals surface area (Å²) in [6, 6.07) is 12.5. The van der Waals surface area contributed by atoms with E-state index >= 15 is 0 Å². The summed E-state index contributed by atoms with van der Waals surface area (Å²) in [6.07, 6.45) is -10.1. The molecule has 0 heterocycles. The van der Waals surface area contributed by atoms with E-state index in [0.29, 0.717) is 14.2 Å². The van der Waals surface area contributed by atoms with Gasteiger partial charge in [0.1, 0.15) is 0 Å². The third-order valence-electron chi connectivity index (χ3n) is 4.37. The summed E-state index contributed by atoms with van der Waals surface area (Å²) in [5.41, 5.74) is -7.54. The molecular formula is C20H18F6O6. The van der Waals surface area contributed by atoms with Crippen molar-refractivity contribution in [1.29, 1.82) is 0 Å². The van der Waals surface area contributed by atoms with Gasteiger partial charge in [-0.3, -0.25) is 0 Å². The van der Waals surface area contributed by atoms with Crippen LogP contribution in [0, 0.1) is 0 Å². The second-order valence-electron chi connectivity index (χ2n) is 6.11. The summed E-state index contributed by atoms with van der Waals surface area (Å²) < 4.78 is 85.3. The van der Waals surface area contributed by atoms with Crippen molar-refractivity contribution >= 4 is 11.9 Å². The van der Waals surface area contributed by atoms with Gasteiger partial charge in [-0.05, 0) is 0 Å². The Morgan fingerprint density at radius 2 is 0.875 bits per heavy atom. The van der Waals surface area contributed by atoms with Gasteiger partial charge < -0.3 is 19.7 Å². The predicted octanol–water partition coefficient (Wildman–Crippen LogP) is 4.35. The molecule has 32 heavy (non-hydrogen) atoms. The molecule has 0 unspecified atom stereocenters. The van der Waals surface area contributed by atoms with Gasteiger partial charge in [-0.1, -0.05) is 60.7 Å². The first-order valence-electron chi connectivity index (χ1n) is 8.54. The van der Waals surface area contributed by atoms with Crippen LogP contribution in [0.5, 0.6) is 0 Å². The van der Waals surface area contributed by atoms with E-state index in [4.69, 9.17) is 10.2 Å². The second kappa shape index (κ2) is 10.0. The van der Waals surface area contributed by atoms with Gasteiger partial charge >= 0.3 is 24.3 Å². The Hall–Kier alpha value is -3.12. The van der Waals surface area contributed by atoms with Gasteiger partial charge in [0, 0.05) is 25.3 Å². The molecule has 2 atom stereocenters. The highest BCUT2D eigenvalue weighted by atomic mass is 19.4. The molecule has 2 rings (SSSR count). The number of benzene rings is 2. The number of alkyl halides is 6. The van der Waals surface area contributed by atoms with Gasteiger partial charge in [0.25, 0.3) is 11.2 Å². The minimum atomic E-state index is -5.03. The maximum absolute atomic E-state index is 12.8. The van der Waals surface area contributed by atoms with Crippen molar-refractivity contribution in [1.82, 2.24) is 0 Å². The van der Waals surface area contributed by atoms with Crippen molar-refractivity contribution in [2.45, 2.75) is 23.6 Å². The topological polar surface area (TPSA) is 93.1 Å². The van der Waals surface area contributed by atoms with E-state index in [-0.39, 0.29) is 0 Å². The van der Waals surface area contributed by atoms with Crippen LogP contribution in [0.4, 0.5) is 26.3 Å². The molecule has 0 radical (unpaired) electrons. The molecule has 0 aliphatic rings. The van der Waals surface area contributed by atoms with Crippen molar-refractivity contribution in [3.05, 3.63) is 71.8 Å². The number of aliphatic carboxylic acids is 2. The average molecular weight is 468 g/mol. The van der Waals surface area contributed by atoms with Crippen LogP contribution in [-0.4, -0.2) is 48.7 Å². The first-order chi connectivity index (χ1) is 14.7. The normalized spacial score (nSPS) is 15.5. The smallest absolute Gasteiger partial charge is 0.432 e. The van der Waals surface area contributed by atoms with E-state index in [1.807, 2.05) is 0 Å². The third-order valence-corrected chi connectivity index (χ3v) is 4.37. The van der Waals surface area contributed by atoms with Crippen LogP contribution < -0.4 is 0 Å². The maximum atomic E-state index is 12.8. The Morgan fingerprint density at radius 3 is 1.03 bits per heavy atom. The highest BCUT2D eigenvalue weighted by molar-refractivity contribution is 5.81. The minimum absolute atomic E-state index is 0.461. The summed E-state index contributed by atoms with van der Waals surface area (Å²) in [6.45, 7) is 0. The lowest BCUT2D eigenvalue weighted by Crippen LogP contribution is -2.50. The Kier molecular flexibility index (Phi) is 8.41. The Balaban J connectivity index is 0.000000320. The molecule has 0 saturated heterocycles. The Morgan fingerprint density at radius 1 is 0.625 bits per heavy atom. The molecule has 0 spiro atoms. The van der Waals surface area contributed by atoms with Gasteiger partial charge in [0.05, 0.1) is 0 Å². The van der Waals surface area contributed by atoms with E-state index < -0.39 is 46.6 Å². The third kappa shape index (κ3) is 4.86. The quantitative estimate of drug-likeness (QED) is 0.613. The highest BCUT2D eigenvalue weighted by Gasteiger charge is 2.64. The van der Waals surface area contributed by atoms with Crippen LogP contribution >= 0.6 is 0 Å². The largest absolute Gasteiger partial charge is 0.479 e. The lowest BCUT2D eigenvalue weighted by Gasteiger charge is -2.30. The summed E-state index contributed by atoms with van der Waals surface area (Å²) in [5.74, 6) is -4.18. The molecule has 176 valence electrons. The molecule has 0 aromatic heterocycles. The number of rotatable bonds is 6. The number of ether oxygens (including phenoxy) is 2. The number of carboxylic acids is 2. The SMILES string of the molecule is CO[C@@](C(=O)O)(c1ccccc1)C(F)(F)F.CO[C@@](C(=O)O)(c1ccccc1)C(F)(F)F. The van der Waals surface area contributed by atoms with Crippen LogP contribution in [0.15, 0.2) is 60.7 Å². The second-order valence-corrected chi connectivity index (χ2v) is 6.11. The molecule has 0 amide bonds. The molecule has 0 fully saturated rings. The monoisotopic (exact) mass is 468 g/mol. The number of methoxy groups -OCH3 is 2. The molecule has 2 N–H and O–H groups in total. The fourth-order valence-electron chi connectivity index (χ4n) is 2.80. The van der Waals surface area contributed by atoms with Gasteiger partial charge in [-0.2, -0.15) is 26.3 Å². The van der Waals surface area contributed by atoms with Gasteiger partial charge in [0.2, 0.25) is 0 Å². The summed E-state index contributed by atoms with van der Waals surface area (Å²) >= 11 is 0. The van der Waals surface area contributed by atoms with Gasteiger partial charge in [-0.15, -0.1) is 0 Å². The molecule has 0 bridgehead atoms. The van der Waals surface area contributed by atoms with Crippen molar-refractivity contribution < 1.29 is 55.6 Å². The lowest BCUT2D eigenvalue weighted by atomic mass is 9.93. The molecule has 12 heteroatoms. The predicted molar refractivity (Wildman–Crippen MR) is 97.6 cm³/mol. The van der Waals surface area contributed by atoms with Gasteiger partial charge in [0.15, 0.2) is 0 Å². The number of halogens is 6. The zero-order valence-electron chi connectivity index (χ0n) is 16.6. The van der Waals surface area contributed by atoms with Crippen LogP contribution in [0.2, 0.25) is 0 Å². The van der Waals surface area contributed by atoms with Crippen molar-refractivity contribution in [2.75, 3.05) is 14.2 Å². The van der Waals surface area contributed by atoms with Crippen LogP contribution in [-0.2, 0) is 30.3 Å². The average Bonchev–Trinajstić information content (AvgIpc) is 2.69. The first kappa shape index (κ1) is 26.9. The lowest BCUT2D eigenvalue weighted by molar-refractivity contribution is -0.274. The summed E-state index contributed by atoms with van der Waals surface area (Å²) in [4.78, 5) is 21.7. The van der Waals surface area contributed by atoms with Crippen molar-refractivity contribution in [2.24, 2.45) is 0 Å². The van der Waals surface area contributed by atoms with Crippen molar-refractivity contribution in [3.63, 3.8) is 0 Å². The maximum Gasteiger partial charge on any atom is 0.432 e. The molecule has 2 aromatic rings. The molecular weight excluding hydrogens is 450 g/mol. The minimum Gasteiger partial charge on any atom is -0.479 e. The van der Waals surface area contributed by atoms with Crippen LogP contribution in [0.3, 0.4) is 0 Å². The van der Waals surface area contributed by atoms with E-state index in [2.05, 4.69) is 9.47 Å². The van der Waals surface area contributed by atoms with Crippen molar-refractivity contribution in [3.8, 4) is 0 Å². The van der Waals surface area contributed by atoms with Gasteiger partial charge in [-0.25, -0.2) is 9.59 Å². The van der Waals surface area contributed by atoms with E-state index in [0.717, 1.165) is 24.3 Å². The number of carbonyl (C=O) groups is 2. The fourth-order valence-corrected chi connectivity index (χ4v) is 2.80. The summed E-state index contributed by atoms with van der Waals surface area (Å²) in [5, 5.41) is 17.5. The first-order valence-corrected chi connectivity index (χ1v) is 8.54. The number of carboxylic acid groups (broad SMARTS) is 2. The Labute approximate surface area is 178 Å². The molecule has 0 aliphatic carbocycles. The summed E-state index contributed by atoms with van der Waals surface area (Å²) in [7, 11) is 1.43. The zero-order chi connectivity index (χ0) is 24.8. The standard InChI is InChI=1S/2C10H9F3O3/c2*1-16-9(8(14)15,10(11,12)13)7-5-3-2-4-6-7/h2*2-6H,1H3,(H,14,15)/t2*9-/m11/s1. The highest BCUT2D eigenvalue weighted by Crippen LogP contribution is 2.43. The number of hydrogen-bond acceptors (Lipinski definition) is 4. The van der Waals surface area contributed by atoms with E-state index in [1.54, 1.807) is 0 Å². The number of hydrogen-bond donors (Lipinski definition) is 2. The van der Waals surface area contributed by atoms with Crippen LogP contribution in [0.25, 0.3) is 0 Å². The fraction of sp³-hybridized carbons (Fsp3) is 0.300. The van der Waals surface area contributed by atoms with E-state index in [1.165, 1.54) is 36.4 Å². The van der Waals surface area contributed by atoms with E-state index in [9.17, 15) is 35.9 Å². The Bertz CT molecular complexity index is 825. The molecule has 6 nitrogen and oxygen atoms in total. The molecule has 0 aliphatic heterocycles.